The molecule has 0 unspecified atom stereocenters. The summed E-state index contributed by atoms with van der Waals surface area (Å²) in [5.41, 5.74) is -1.64. The summed E-state index contributed by atoms with van der Waals surface area (Å²) in [4.78, 5) is 19.8. The number of rotatable bonds is 4. The number of anilines is 3. The summed E-state index contributed by atoms with van der Waals surface area (Å²) in [5, 5.41) is 9.39. The number of hydrogen-bond donors (Lipinski definition) is 1. The summed E-state index contributed by atoms with van der Waals surface area (Å²) in [6.45, 7) is 0. The van der Waals surface area contributed by atoms with Gasteiger partial charge in [-0.2, -0.15) is 13.2 Å². The molecule has 0 aliphatic heterocycles. The summed E-state index contributed by atoms with van der Waals surface area (Å²) in [7, 11) is 0. The van der Waals surface area contributed by atoms with Crippen LogP contribution in [0.25, 0.3) is 0 Å². The molecular formula is C18H11ClF3N3O2. The number of halogens is 4. The number of nitrogens with zero attached hydrogens (tertiary/aromatic N) is 3. The monoisotopic (exact) mass is 393 g/mol. The van der Waals surface area contributed by atoms with Crippen LogP contribution in [0, 0.1) is 0 Å². The molecule has 1 aromatic heterocycles. The second-order valence-corrected chi connectivity index (χ2v) is 5.82. The lowest BCUT2D eigenvalue weighted by molar-refractivity contribution is -0.141. The number of benzene rings is 2. The molecule has 0 aliphatic rings. The molecule has 0 amide bonds. The van der Waals surface area contributed by atoms with Crippen molar-refractivity contribution in [2.45, 2.75) is 6.18 Å². The maximum Gasteiger partial charge on any atom is 0.434 e. The first-order valence-electron chi connectivity index (χ1n) is 7.55. The Balaban J connectivity index is 2.23. The average Bonchev–Trinajstić information content (AvgIpc) is 2.62. The minimum atomic E-state index is -4.96. The predicted octanol–water partition coefficient (Wildman–Crippen LogP) is 5.32. The Kier molecular flexibility index (Phi) is 5.00. The molecule has 0 fully saturated rings. The number of carboxylic acids is 1. The van der Waals surface area contributed by atoms with Gasteiger partial charge in [0.25, 0.3) is 0 Å². The van der Waals surface area contributed by atoms with E-state index in [0.717, 1.165) is 0 Å². The molecular weight excluding hydrogens is 383 g/mol. The molecule has 1 heterocycles. The Bertz CT molecular complexity index is 981. The van der Waals surface area contributed by atoms with E-state index < -0.39 is 23.4 Å². The van der Waals surface area contributed by atoms with Gasteiger partial charge in [-0.05, 0) is 30.3 Å². The van der Waals surface area contributed by atoms with Gasteiger partial charge in [0.15, 0.2) is 5.69 Å². The zero-order chi connectivity index (χ0) is 19.6. The van der Waals surface area contributed by atoms with Crippen LogP contribution in [-0.2, 0) is 6.18 Å². The Hall–Kier alpha value is -3.13. The van der Waals surface area contributed by atoms with Crippen molar-refractivity contribution in [3.8, 4) is 0 Å². The van der Waals surface area contributed by atoms with E-state index in [2.05, 4.69) is 9.97 Å². The third-order valence-corrected chi connectivity index (χ3v) is 3.79. The topological polar surface area (TPSA) is 66.3 Å². The first-order chi connectivity index (χ1) is 12.8. The second kappa shape index (κ2) is 7.24. The summed E-state index contributed by atoms with van der Waals surface area (Å²) in [6, 6.07) is 14.9. The summed E-state index contributed by atoms with van der Waals surface area (Å²) in [6.07, 6.45) is -4.31. The minimum absolute atomic E-state index is 0.333. The molecule has 3 aromatic rings. The summed E-state index contributed by atoms with van der Waals surface area (Å²) in [5.74, 6) is -2.09. The van der Waals surface area contributed by atoms with Gasteiger partial charge < -0.3 is 5.11 Å². The predicted molar refractivity (Wildman–Crippen MR) is 93.7 cm³/mol. The van der Waals surface area contributed by atoms with Crippen molar-refractivity contribution < 1.29 is 23.1 Å². The molecule has 0 atom stereocenters. The van der Waals surface area contributed by atoms with E-state index in [1.165, 1.54) is 11.0 Å². The van der Waals surface area contributed by atoms with Crippen LogP contribution in [0.3, 0.4) is 0 Å². The van der Waals surface area contributed by atoms with Crippen molar-refractivity contribution in [1.82, 2.24) is 9.97 Å². The zero-order valence-corrected chi connectivity index (χ0v) is 14.2. The lowest BCUT2D eigenvalue weighted by atomic mass is 10.2. The van der Waals surface area contributed by atoms with Crippen LogP contribution in [0.1, 0.15) is 16.1 Å². The van der Waals surface area contributed by atoms with Gasteiger partial charge >= 0.3 is 12.1 Å². The van der Waals surface area contributed by atoms with Gasteiger partial charge in [0.1, 0.15) is 5.56 Å². The number of para-hydroxylation sites is 1. The molecule has 1 N–H and O–H groups in total. The average molecular weight is 394 g/mol. The van der Waals surface area contributed by atoms with Gasteiger partial charge in [-0.3, -0.25) is 4.90 Å². The molecule has 3 rings (SSSR count). The first kappa shape index (κ1) is 18.7. The van der Waals surface area contributed by atoms with Crippen molar-refractivity contribution >= 4 is 34.9 Å². The third-order valence-electron chi connectivity index (χ3n) is 3.56. The second-order valence-electron chi connectivity index (χ2n) is 5.39. The summed E-state index contributed by atoms with van der Waals surface area (Å²) >= 11 is 6.01. The van der Waals surface area contributed by atoms with Crippen LogP contribution in [0.15, 0.2) is 60.8 Å². The molecule has 2 aromatic carbocycles. The highest BCUT2D eigenvalue weighted by Crippen LogP contribution is 2.36. The molecule has 27 heavy (non-hydrogen) atoms. The molecule has 138 valence electrons. The van der Waals surface area contributed by atoms with Crippen LogP contribution in [0.2, 0.25) is 5.02 Å². The molecule has 0 spiro atoms. The van der Waals surface area contributed by atoms with Gasteiger partial charge in [0.2, 0.25) is 5.95 Å². The van der Waals surface area contributed by atoms with Crippen LogP contribution < -0.4 is 4.90 Å². The maximum atomic E-state index is 13.3. The first-order valence-corrected chi connectivity index (χ1v) is 7.93. The van der Waals surface area contributed by atoms with E-state index in [1.54, 1.807) is 48.5 Å². The molecule has 5 nitrogen and oxygen atoms in total. The summed E-state index contributed by atoms with van der Waals surface area (Å²) < 4.78 is 40.0. The normalized spacial score (nSPS) is 11.3. The zero-order valence-electron chi connectivity index (χ0n) is 13.5. The highest BCUT2D eigenvalue weighted by Gasteiger charge is 2.38. The number of hydrogen-bond acceptors (Lipinski definition) is 4. The van der Waals surface area contributed by atoms with E-state index in [1.807, 2.05) is 0 Å². The van der Waals surface area contributed by atoms with E-state index in [9.17, 15) is 18.0 Å². The Morgan fingerprint density at radius 3 is 2.30 bits per heavy atom. The Labute approximate surface area is 156 Å². The third kappa shape index (κ3) is 4.01. The standard InChI is InChI=1S/C18H11ClF3N3O2/c19-11-5-4-8-13(9-11)25(12-6-2-1-3-7-12)17-23-10-14(16(26)27)15(24-17)18(20,21)22/h1-10H,(H,26,27). The number of aromatic nitrogens is 2. The van der Waals surface area contributed by atoms with E-state index in [-0.39, 0.29) is 5.95 Å². The smallest absolute Gasteiger partial charge is 0.434 e. The van der Waals surface area contributed by atoms with Crippen LogP contribution in [0.5, 0.6) is 0 Å². The number of carbonyl (C=O) groups is 1. The van der Waals surface area contributed by atoms with Crippen LogP contribution >= 0.6 is 11.6 Å². The number of alkyl halides is 3. The fourth-order valence-electron chi connectivity index (χ4n) is 2.43. The minimum Gasteiger partial charge on any atom is -0.478 e. The molecule has 0 bridgehead atoms. The highest BCUT2D eigenvalue weighted by atomic mass is 35.5. The van der Waals surface area contributed by atoms with Crippen LogP contribution in [0.4, 0.5) is 30.5 Å². The van der Waals surface area contributed by atoms with E-state index >= 15 is 0 Å². The van der Waals surface area contributed by atoms with Gasteiger partial charge in [-0.1, -0.05) is 35.9 Å². The van der Waals surface area contributed by atoms with Crippen molar-refractivity contribution in [3.05, 3.63) is 77.1 Å². The lowest BCUT2D eigenvalue weighted by Gasteiger charge is -2.24. The Morgan fingerprint density at radius 1 is 1.04 bits per heavy atom. The Morgan fingerprint density at radius 2 is 1.70 bits per heavy atom. The van der Waals surface area contributed by atoms with Crippen molar-refractivity contribution in [2.75, 3.05) is 4.90 Å². The van der Waals surface area contributed by atoms with Gasteiger partial charge in [0.05, 0.1) is 5.69 Å². The quantitative estimate of drug-likeness (QED) is 0.650. The van der Waals surface area contributed by atoms with Crippen molar-refractivity contribution in [2.24, 2.45) is 0 Å². The van der Waals surface area contributed by atoms with Crippen molar-refractivity contribution in [3.63, 3.8) is 0 Å². The molecule has 0 saturated carbocycles. The fourth-order valence-corrected chi connectivity index (χ4v) is 2.61. The van der Waals surface area contributed by atoms with Crippen LogP contribution in [-0.4, -0.2) is 21.0 Å². The largest absolute Gasteiger partial charge is 0.478 e. The van der Waals surface area contributed by atoms with Gasteiger partial charge in [-0.25, -0.2) is 14.8 Å². The van der Waals surface area contributed by atoms with Gasteiger partial charge in [-0.15, -0.1) is 0 Å². The number of carboxylic acid groups (broad SMARTS) is 1. The van der Waals surface area contributed by atoms with E-state index in [4.69, 9.17) is 16.7 Å². The fraction of sp³-hybridized carbons (Fsp3) is 0.0556. The molecule has 0 aliphatic carbocycles. The lowest BCUT2D eigenvalue weighted by Crippen LogP contribution is -2.20. The van der Waals surface area contributed by atoms with E-state index in [0.29, 0.717) is 22.6 Å². The number of aromatic carboxylic acids is 1. The molecule has 0 radical (unpaired) electrons. The van der Waals surface area contributed by atoms with Gasteiger partial charge in [0, 0.05) is 16.9 Å². The molecule has 9 heteroatoms. The van der Waals surface area contributed by atoms with Crippen molar-refractivity contribution in [1.29, 1.82) is 0 Å². The molecule has 0 saturated heterocycles. The SMILES string of the molecule is O=C(O)c1cnc(N(c2ccccc2)c2cccc(Cl)c2)nc1C(F)(F)F. The highest BCUT2D eigenvalue weighted by molar-refractivity contribution is 6.30. The maximum absolute atomic E-state index is 13.3.